The van der Waals surface area contributed by atoms with Crippen LogP contribution >= 0.6 is 11.3 Å². The molecule has 0 amide bonds. The number of ether oxygens (including phenoxy) is 1. The Morgan fingerprint density at radius 2 is 2.60 bits per heavy atom. The van der Waals surface area contributed by atoms with Crippen LogP contribution in [0.25, 0.3) is 0 Å². The highest BCUT2D eigenvalue weighted by molar-refractivity contribution is 7.08. The topological polar surface area (TPSA) is 21.6 Å². The molecule has 0 saturated carbocycles. The summed E-state index contributed by atoms with van der Waals surface area (Å²) in [6.45, 7) is 1.55. The summed E-state index contributed by atoms with van der Waals surface area (Å²) in [5, 5.41) is 4.07. The molecule has 0 N–H and O–H groups in total. The second-order valence-electron chi connectivity index (χ2n) is 2.05. The molecule has 2 nitrogen and oxygen atoms in total. The number of rotatable bonds is 1. The van der Waals surface area contributed by atoms with Crippen molar-refractivity contribution in [3.63, 3.8) is 0 Å². The lowest BCUT2D eigenvalue weighted by Crippen LogP contribution is -1.98. The predicted molar refractivity (Wildman–Crippen MR) is 41.7 cm³/mol. The van der Waals surface area contributed by atoms with Gasteiger partial charge in [-0.05, 0) is 11.4 Å². The Hall–Kier alpha value is -0.830. The Labute approximate surface area is 63.2 Å². The van der Waals surface area contributed by atoms with Gasteiger partial charge in [-0.25, -0.2) is 4.99 Å². The summed E-state index contributed by atoms with van der Waals surface area (Å²) in [5.74, 6) is 0.807. The lowest BCUT2D eigenvalue weighted by molar-refractivity contribution is 0.348. The van der Waals surface area contributed by atoms with Crippen LogP contribution in [0, 0.1) is 0 Å². The van der Waals surface area contributed by atoms with Crippen molar-refractivity contribution in [2.24, 2.45) is 4.99 Å². The summed E-state index contributed by atoms with van der Waals surface area (Å²) < 4.78 is 5.25. The third kappa shape index (κ3) is 0.926. The van der Waals surface area contributed by atoms with Crippen molar-refractivity contribution in [2.45, 2.75) is 0 Å². The zero-order chi connectivity index (χ0) is 6.81. The molecule has 0 saturated heterocycles. The highest BCUT2D eigenvalue weighted by atomic mass is 32.1. The molecule has 52 valence electrons. The van der Waals surface area contributed by atoms with E-state index in [9.17, 15) is 0 Å². The molecule has 0 bridgehead atoms. The number of nitrogens with zero attached hydrogens (tertiary/aromatic N) is 1. The van der Waals surface area contributed by atoms with Crippen molar-refractivity contribution in [3.05, 3.63) is 22.4 Å². The van der Waals surface area contributed by atoms with E-state index in [1.54, 1.807) is 11.3 Å². The van der Waals surface area contributed by atoms with E-state index in [0.29, 0.717) is 0 Å². The van der Waals surface area contributed by atoms with Crippen LogP contribution in [-0.4, -0.2) is 19.0 Å². The fourth-order valence-corrected chi connectivity index (χ4v) is 1.53. The van der Waals surface area contributed by atoms with E-state index in [0.717, 1.165) is 24.6 Å². The maximum absolute atomic E-state index is 5.25. The molecular formula is C7H7NOS. The highest BCUT2D eigenvalue weighted by Gasteiger charge is 2.08. The average molecular weight is 153 g/mol. The van der Waals surface area contributed by atoms with Crippen molar-refractivity contribution in [1.82, 2.24) is 0 Å². The van der Waals surface area contributed by atoms with Crippen LogP contribution in [0.3, 0.4) is 0 Å². The summed E-state index contributed by atoms with van der Waals surface area (Å²) in [4.78, 5) is 4.18. The molecule has 1 aliphatic rings. The van der Waals surface area contributed by atoms with E-state index in [1.807, 2.05) is 16.8 Å². The van der Waals surface area contributed by atoms with Crippen LogP contribution in [-0.2, 0) is 4.74 Å². The Morgan fingerprint density at radius 3 is 3.20 bits per heavy atom. The van der Waals surface area contributed by atoms with Crippen LogP contribution in [0.5, 0.6) is 0 Å². The lowest BCUT2D eigenvalue weighted by Gasteiger charge is -1.94. The quantitative estimate of drug-likeness (QED) is 0.599. The maximum Gasteiger partial charge on any atom is 0.217 e. The molecule has 0 aromatic carbocycles. The molecule has 2 rings (SSSR count). The number of aliphatic imine (C=N–C) groups is 1. The molecule has 0 fully saturated rings. The van der Waals surface area contributed by atoms with E-state index in [2.05, 4.69) is 4.99 Å². The van der Waals surface area contributed by atoms with Crippen molar-refractivity contribution < 1.29 is 4.74 Å². The highest BCUT2D eigenvalue weighted by Crippen LogP contribution is 2.10. The molecule has 0 unspecified atom stereocenters. The van der Waals surface area contributed by atoms with Crippen LogP contribution in [0.4, 0.5) is 0 Å². The fraction of sp³-hybridized carbons (Fsp3) is 0.286. The number of hydrogen-bond acceptors (Lipinski definition) is 3. The SMILES string of the molecule is c1cc(C2=NCCO2)cs1. The van der Waals surface area contributed by atoms with Gasteiger partial charge in [0.15, 0.2) is 0 Å². The second kappa shape index (κ2) is 2.42. The average Bonchev–Trinajstić information content (AvgIpc) is 2.59. The summed E-state index contributed by atoms with van der Waals surface area (Å²) in [6, 6.07) is 2.02. The Kier molecular flexibility index (Phi) is 1.43. The minimum absolute atomic E-state index is 0.741. The summed E-state index contributed by atoms with van der Waals surface area (Å²) >= 11 is 1.67. The smallest absolute Gasteiger partial charge is 0.217 e. The zero-order valence-corrected chi connectivity index (χ0v) is 6.23. The molecule has 3 heteroatoms. The molecular weight excluding hydrogens is 146 g/mol. The van der Waals surface area contributed by atoms with Gasteiger partial charge in [0.2, 0.25) is 5.90 Å². The Morgan fingerprint density at radius 1 is 1.60 bits per heavy atom. The van der Waals surface area contributed by atoms with Crippen LogP contribution in [0.15, 0.2) is 21.8 Å². The maximum atomic E-state index is 5.25. The normalized spacial score (nSPS) is 16.6. The van der Waals surface area contributed by atoms with Gasteiger partial charge in [-0.1, -0.05) is 0 Å². The number of hydrogen-bond donors (Lipinski definition) is 0. The molecule has 0 aliphatic carbocycles. The first-order chi connectivity index (χ1) is 4.97. The lowest BCUT2D eigenvalue weighted by atomic mass is 10.3. The monoisotopic (exact) mass is 153 g/mol. The predicted octanol–water partition coefficient (Wildman–Crippen LogP) is 1.52. The van der Waals surface area contributed by atoms with Gasteiger partial charge in [0, 0.05) is 10.9 Å². The Bertz CT molecular complexity index is 240. The van der Waals surface area contributed by atoms with Gasteiger partial charge in [0.05, 0.1) is 6.54 Å². The number of thiophene rings is 1. The first-order valence-corrected chi connectivity index (χ1v) is 4.11. The fourth-order valence-electron chi connectivity index (χ4n) is 0.896. The van der Waals surface area contributed by atoms with E-state index in [4.69, 9.17) is 4.74 Å². The van der Waals surface area contributed by atoms with E-state index in [-0.39, 0.29) is 0 Å². The van der Waals surface area contributed by atoms with E-state index >= 15 is 0 Å². The molecule has 10 heavy (non-hydrogen) atoms. The largest absolute Gasteiger partial charge is 0.475 e. The first-order valence-electron chi connectivity index (χ1n) is 3.16. The minimum atomic E-state index is 0.741. The van der Waals surface area contributed by atoms with Gasteiger partial charge in [0.25, 0.3) is 0 Å². The van der Waals surface area contributed by atoms with Gasteiger partial charge in [0.1, 0.15) is 6.61 Å². The summed E-state index contributed by atoms with van der Waals surface area (Å²) in [5.41, 5.74) is 1.11. The Balaban J connectivity index is 2.28. The van der Waals surface area contributed by atoms with Crippen molar-refractivity contribution in [1.29, 1.82) is 0 Å². The third-order valence-electron chi connectivity index (χ3n) is 1.35. The van der Waals surface area contributed by atoms with E-state index in [1.165, 1.54) is 0 Å². The third-order valence-corrected chi connectivity index (χ3v) is 2.04. The van der Waals surface area contributed by atoms with Gasteiger partial charge in [-0.3, -0.25) is 0 Å². The first kappa shape index (κ1) is 5.92. The van der Waals surface area contributed by atoms with Crippen molar-refractivity contribution >= 4 is 17.2 Å². The molecule has 0 spiro atoms. The summed E-state index contributed by atoms with van der Waals surface area (Å²) in [7, 11) is 0. The molecule has 1 aromatic rings. The minimum Gasteiger partial charge on any atom is -0.475 e. The summed E-state index contributed by atoms with van der Waals surface area (Å²) in [6.07, 6.45) is 0. The van der Waals surface area contributed by atoms with Crippen LogP contribution in [0.2, 0.25) is 0 Å². The molecule has 1 aromatic heterocycles. The zero-order valence-electron chi connectivity index (χ0n) is 5.41. The molecule has 0 radical (unpaired) electrons. The van der Waals surface area contributed by atoms with Gasteiger partial charge in [-0.15, -0.1) is 0 Å². The van der Waals surface area contributed by atoms with Gasteiger partial charge in [-0.2, -0.15) is 11.3 Å². The van der Waals surface area contributed by atoms with E-state index < -0.39 is 0 Å². The van der Waals surface area contributed by atoms with Crippen LogP contribution in [0.1, 0.15) is 5.56 Å². The van der Waals surface area contributed by atoms with Gasteiger partial charge >= 0.3 is 0 Å². The van der Waals surface area contributed by atoms with Crippen molar-refractivity contribution in [2.75, 3.05) is 13.2 Å². The molecule has 0 atom stereocenters. The van der Waals surface area contributed by atoms with Gasteiger partial charge < -0.3 is 4.74 Å². The molecule has 1 aliphatic heterocycles. The molecule has 2 heterocycles. The standard InChI is InChI=1S/C7H7NOS/c1-4-10-5-6(1)7-8-2-3-9-7/h1,4-5H,2-3H2. The second-order valence-corrected chi connectivity index (χ2v) is 2.83. The van der Waals surface area contributed by atoms with Crippen molar-refractivity contribution in [3.8, 4) is 0 Å². The van der Waals surface area contributed by atoms with Crippen LogP contribution < -0.4 is 0 Å².